The molecule has 0 saturated carbocycles. The van der Waals surface area contributed by atoms with Crippen molar-refractivity contribution in [2.24, 2.45) is 0 Å². The minimum atomic E-state index is 0.294. The van der Waals surface area contributed by atoms with E-state index in [4.69, 9.17) is 5.11 Å². The van der Waals surface area contributed by atoms with Crippen molar-refractivity contribution < 1.29 is 5.11 Å². The summed E-state index contributed by atoms with van der Waals surface area (Å²) in [4.78, 5) is 0. The lowest BCUT2D eigenvalue weighted by molar-refractivity contribution is 0.284. The lowest BCUT2D eigenvalue weighted by Crippen LogP contribution is -2.01. The molecule has 0 amide bonds. The number of anilines is 1. The quantitative estimate of drug-likeness (QED) is 0.703. The Hall–Kier alpha value is -1.02. The summed E-state index contributed by atoms with van der Waals surface area (Å²) in [5, 5.41) is 12.1. The van der Waals surface area contributed by atoms with E-state index < -0.39 is 0 Å². The molecule has 2 nitrogen and oxygen atoms in total. The van der Waals surface area contributed by atoms with Crippen molar-refractivity contribution in [2.45, 2.75) is 33.1 Å². The van der Waals surface area contributed by atoms with Gasteiger partial charge in [0.1, 0.15) is 0 Å². The number of aryl methyl sites for hydroxylation is 2. The second-order valence-electron chi connectivity index (χ2n) is 3.87. The minimum absolute atomic E-state index is 0.294. The monoisotopic (exact) mass is 207 g/mol. The Morgan fingerprint density at radius 2 is 2.07 bits per heavy atom. The lowest BCUT2D eigenvalue weighted by Gasteiger charge is -2.11. The lowest BCUT2D eigenvalue weighted by atomic mass is 10.0. The molecule has 0 aliphatic rings. The molecule has 0 heterocycles. The van der Waals surface area contributed by atoms with Crippen LogP contribution in [0, 0.1) is 6.92 Å². The maximum absolute atomic E-state index is 8.75. The van der Waals surface area contributed by atoms with Gasteiger partial charge < -0.3 is 10.4 Å². The normalized spacial score (nSPS) is 10.3. The van der Waals surface area contributed by atoms with Crippen molar-refractivity contribution in [3.63, 3.8) is 0 Å². The Balaban J connectivity index is 2.67. The number of hydrogen-bond donors (Lipinski definition) is 2. The molecule has 0 aromatic heterocycles. The Morgan fingerprint density at radius 1 is 1.27 bits per heavy atom. The number of hydrogen-bond acceptors (Lipinski definition) is 2. The van der Waals surface area contributed by atoms with Gasteiger partial charge in [0.2, 0.25) is 0 Å². The molecule has 0 bridgehead atoms. The number of unbranched alkanes of at least 4 members (excludes halogenated alkanes) is 1. The molecule has 1 aromatic carbocycles. The molecule has 0 radical (unpaired) electrons. The zero-order valence-corrected chi connectivity index (χ0v) is 9.71. The molecule has 2 N–H and O–H groups in total. The second-order valence-corrected chi connectivity index (χ2v) is 3.87. The van der Waals surface area contributed by atoms with Crippen molar-refractivity contribution in [1.82, 2.24) is 0 Å². The second kappa shape index (κ2) is 6.46. The summed E-state index contributed by atoms with van der Waals surface area (Å²) in [7, 11) is 0. The van der Waals surface area contributed by atoms with Gasteiger partial charge in [0.15, 0.2) is 0 Å². The van der Waals surface area contributed by atoms with Crippen molar-refractivity contribution in [2.75, 3.05) is 18.5 Å². The minimum Gasteiger partial charge on any atom is -0.396 e. The smallest absolute Gasteiger partial charge is 0.0431 e. The van der Waals surface area contributed by atoms with Gasteiger partial charge in [0, 0.05) is 18.8 Å². The Bertz CT molecular complexity index is 297. The number of benzene rings is 1. The van der Waals surface area contributed by atoms with Crippen LogP contribution in [0.25, 0.3) is 0 Å². The molecule has 15 heavy (non-hydrogen) atoms. The summed E-state index contributed by atoms with van der Waals surface area (Å²) in [6.07, 6.45) is 2.99. The molecule has 0 spiro atoms. The van der Waals surface area contributed by atoms with Gasteiger partial charge in [-0.25, -0.2) is 0 Å². The van der Waals surface area contributed by atoms with E-state index >= 15 is 0 Å². The Labute approximate surface area is 92.3 Å². The van der Waals surface area contributed by atoms with Crippen LogP contribution in [0.4, 0.5) is 5.69 Å². The predicted molar refractivity (Wildman–Crippen MR) is 65.4 cm³/mol. The largest absolute Gasteiger partial charge is 0.396 e. The number of rotatable bonds is 6. The molecule has 1 aromatic rings. The molecular formula is C13H21NO. The van der Waals surface area contributed by atoms with Gasteiger partial charge in [-0.3, -0.25) is 0 Å². The third-order valence-corrected chi connectivity index (χ3v) is 2.49. The average Bonchev–Trinajstić information content (AvgIpc) is 2.22. The Morgan fingerprint density at radius 3 is 2.73 bits per heavy atom. The van der Waals surface area contributed by atoms with Crippen LogP contribution in [-0.4, -0.2) is 18.3 Å². The number of nitrogens with one attached hydrogen (secondary N) is 1. The van der Waals surface area contributed by atoms with Gasteiger partial charge in [0.25, 0.3) is 0 Å². The Kier molecular flexibility index (Phi) is 5.19. The van der Waals surface area contributed by atoms with Crippen LogP contribution in [0.5, 0.6) is 0 Å². The van der Waals surface area contributed by atoms with Gasteiger partial charge in [-0.15, -0.1) is 0 Å². The van der Waals surface area contributed by atoms with Crippen molar-refractivity contribution in [3.05, 3.63) is 29.3 Å². The van der Waals surface area contributed by atoms with Crippen molar-refractivity contribution in [3.8, 4) is 0 Å². The first-order valence-electron chi connectivity index (χ1n) is 5.72. The van der Waals surface area contributed by atoms with E-state index in [-0.39, 0.29) is 0 Å². The van der Waals surface area contributed by atoms with Crippen molar-refractivity contribution >= 4 is 5.69 Å². The summed E-state index contributed by atoms with van der Waals surface area (Å²) in [5.74, 6) is 0. The van der Waals surface area contributed by atoms with Crippen LogP contribution < -0.4 is 5.32 Å². The maximum Gasteiger partial charge on any atom is 0.0431 e. The van der Waals surface area contributed by atoms with Crippen LogP contribution in [0.3, 0.4) is 0 Å². The highest BCUT2D eigenvalue weighted by molar-refractivity contribution is 5.53. The molecular weight excluding hydrogens is 186 g/mol. The van der Waals surface area contributed by atoms with Gasteiger partial charge in [-0.05, 0) is 50.3 Å². The molecule has 0 atom stereocenters. The van der Waals surface area contributed by atoms with Gasteiger partial charge in [-0.1, -0.05) is 12.1 Å². The van der Waals surface area contributed by atoms with E-state index in [2.05, 4.69) is 37.4 Å². The van der Waals surface area contributed by atoms with E-state index in [0.29, 0.717) is 6.61 Å². The highest BCUT2D eigenvalue weighted by atomic mass is 16.2. The molecule has 0 unspecified atom stereocenters. The average molecular weight is 207 g/mol. The van der Waals surface area contributed by atoms with E-state index in [1.807, 2.05) is 0 Å². The molecule has 0 fully saturated rings. The third-order valence-electron chi connectivity index (χ3n) is 2.49. The first kappa shape index (κ1) is 12.1. The standard InChI is InChI=1S/C13H21NO/c1-3-14-13-10-11(2)7-8-12(13)6-4-5-9-15/h7-8,10,14-15H,3-6,9H2,1-2H3. The summed E-state index contributed by atoms with van der Waals surface area (Å²) < 4.78 is 0. The fraction of sp³-hybridized carbons (Fsp3) is 0.538. The summed E-state index contributed by atoms with van der Waals surface area (Å²) in [6, 6.07) is 6.53. The zero-order valence-electron chi connectivity index (χ0n) is 9.71. The van der Waals surface area contributed by atoms with E-state index in [9.17, 15) is 0 Å². The molecule has 0 aliphatic carbocycles. The first-order chi connectivity index (χ1) is 7.27. The zero-order chi connectivity index (χ0) is 11.1. The highest BCUT2D eigenvalue weighted by Gasteiger charge is 2.01. The molecule has 1 rings (SSSR count). The van der Waals surface area contributed by atoms with Gasteiger partial charge >= 0.3 is 0 Å². The van der Waals surface area contributed by atoms with E-state index in [1.54, 1.807) is 0 Å². The van der Waals surface area contributed by atoms with E-state index in [1.165, 1.54) is 16.8 Å². The van der Waals surface area contributed by atoms with Gasteiger partial charge in [0.05, 0.1) is 0 Å². The van der Waals surface area contributed by atoms with Crippen molar-refractivity contribution in [1.29, 1.82) is 0 Å². The van der Waals surface area contributed by atoms with Crippen LogP contribution in [0.15, 0.2) is 18.2 Å². The van der Waals surface area contributed by atoms with Gasteiger partial charge in [-0.2, -0.15) is 0 Å². The van der Waals surface area contributed by atoms with Crippen LogP contribution in [0.1, 0.15) is 30.9 Å². The highest BCUT2D eigenvalue weighted by Crippen LogP contribution is 2.19. The number of aliphatic hydroxyl groups is 1. The molecule has 0 saturated heterocycles. The fourth-order valence-electron chi connectivity index (χ4n) is 1.69. The van der Waals surface area contributed by atoms with Crippen LogP contribution >= 0.6 is 0 Å². The van der Waals surface area contributed by atoms with Crippen LogP contribution in [0.2, 0.25) is 0 Å². The molecule has 2 heteroatoms. The summed E-state index contributed by atoms with van der Waals surface area (Å²) >= 11 is 0. The number of aliphatic hydroxyl groups excluding tert-OH is 1. The first-order valence-corrected chi connectivity index (χ1v) is 5.72. The SMILES string of the molecule is CCNc1cc(C)ccc1CCCCO. The maximum atomic E-state index is 8.75. The van der Waals surface area contributed by atoms with Crippen LogP contribution in [-0.2, 0) is 6.42 Å². The molecule has 0 aliphatic heterocycles. The topological polar surface area (TPSA) is 32.3 Å². The predicted octanol–water partition coefficient (Wildman–Crippen LogP) is 2.74. The van der Waals surface area contributed by atoms with E-state index in [0.717, 1.165) is 25.8 Å². The molecule has 84 valence electrons. The fourth-order valence-corrected chi connectivity index (χ4v) is 1.69. The summed E-state index contributed by atoms with van der Waals surface area (Å²) in [5.41, 5.74) is 3.89. The third kappa shape index (κ3) is 3.92. The summed E-state index contributed by atoms with van der Waals surface area (Å²) in [6.45, 7) is 5.47.